The first kappa shape index (κ1) is 23.6. The molecule has 6 nitrogen and oxygen atoms in total. The van der Waals surface area contributed by atoms with Crippen LogP contribution in [0.2, 0.25) is 5.15 Å². The number of aliphatic hydroxyl groups excluding tert-OH is 1. The number of carboxylic acid groups (broad SMARTS) is 1. The molecular formula is C24H33ClN2O4. The fourth-order valence-electron chi connectivity index (χ4n) is 4.31. The third kappa shape index (κ3) is 6.47. The van der Waals surface area contributed by atoms with Gasteiger partial charge in [-0.05, 0) is 36.5 Å². The molecule has 2 aromatic rings. The smallest absolute Gasteiger partial charge is 0.344 e. The molecule has 170 valence electrons. The molecule has 0 amide bonds. The summed E-state index contributed by atoms with van der Waals surface area (Å²) in [6.07, 6.45) is 8.39. The van der Waals surface area contributed by atoms with Gasteiger partial charge in [0.15, 0.2) is 11.3 Å². The van der Waals surface area contributed by atoms with Gasteiger partial charge in [0, 0.05) is 13.0 Å². The summed E-state index contributed by atoms with van der Waals surface area (Å²) in [5, 5.41) is 19.7. The maximum absolute atomic E-state index is 11.7. The Morgan fingerprint density at radius 2 is 1.97 bits per heavy atom. The van der Waals surface area contributed by atoms with E-state index < -0.39 is 12.1 Å². The van der Waals surface area contributed by atoms with Crippen molar-refractivity contribution in [1.82, 2.24) is 9.55 Å². The van der Waals surface area contributed by atoms with Crippen molar-refractivity contribution in [3.63, 3.8) is 0 Å². The molecule has 1 fully saturated rings. The number of aryl methyl sites for hydroxylation is 1. The maximum Gasteiger partial charge on any atom is 0.344 e. The van der Waals surface area contributed by atoms with Gasteiger partial charge < -0.3 is 19.5 Å². The van der Waals surface area contributed by atoms with Gasteiger partial charge >= 0.3 is 5.97 Å². The summed E-state index contributed by atoms with van der Waals surface area (Å²) in [5.41, 5.74) is 1.62. The van der Waals surface area contributed by atoms with Gasteiger partial charge in [0.2, 0.25) is 0 Å². The lowest BCUT2D eigenvalue weighted by Gasteiger charge is -2.25. The lowest BCUT2D eigenvalue weighted by atomic mass is 9.85. The van der Waals surface area contributed by atoms with Crippen LogP contribution in [-0.2, 0) is 24.4 Å². The van der Waals surface area contributed by atoms with Gasteiger partial charge in [-0.3, -0.25) is 0 Å². The summed E-state index contributed by atoms with van der Waals surface area (Å²) in [4.78, 5) is 16.1. The van der Waals surface area contributed by atoms with Crippen molar-refractivity contribution < 1.29 is 19.7 Å². The van der Waals surface area contributed by atoms with Crippen LogP contribution in [0.4, 0.5) is 0 Å². The van der Waals surface area contributed by atoms with Gasteiger partial charge in [-0.1, -0.05) is 69.2 Å². The van der Waals surface area contributed by atoms with Gasteiger partial charge in [-0.2, -0.15) is 0 Å². The van der Waals surface area contributed by atoms with Crippen LogP contribution in [0.1, 0.15) is 75.4 Å². The van der Waals surface area contributed by atoms with E-state index in [1.807, 2.05) is 28.8 Å². The van der Waals surface area contributed by atoms with Crippen molar-refractivity contribution in [3.8, 4) is 5.75 Å². The number of nitrogens with zero attached hydrogens (tertiary/aromatic N) is 2. The fraction of sp³-hybridized carbons (Fsp3) is 0.583. The molecule has 1 aromatic carbocycles. The van der Waals surface area contributed by atoms with Crippen molar-refractivity contribution in [2.75, 3.05) is 0 Å². The molecular weight excluding hydrogens is 416 g/mol. The Morgan fingerprint density at radius 1 is 1.26 bits per heavy atom. The lowest BCUT2D eigenvalue weighted by molar-refractivity contribution is -0.146. The van der Waals surface area contributed by atoms with E-state index >= 15 is 0 Å². The Hall–Kier alpha value is -2.05. The first-order chi connectivity index (χ1) is 15.0. The quantitative estimate of drug-likeness (QED) is 0.492. The Kier molecular flexibility index (Phi) is 8.79. The van der Waals surface area contributed by atoms with E-state index in [1.165, 1.54) is 19.3 Å². The molecule has 31 heavy (non-hydrogen) atoms. The number of aliphatic hydroxyl groups is 1. The molecule has 0 saturated heterocycles. The number of rotatable bonds is 11. The van der Waals surface area contributed by atoms with E-state index in [-0.39, 0.29) is 6.61 Å². The Labute approximate surface area is 189 Å². The maximum atomic E-state index is 11.7. The van der Waals surface area contributed by atoms with E-state index in [2.05, 4.69) is 11.9 Å². The normalized spacial score (nSPS) is 15.7. The SMILES string of the molecule is CCCCc1nc(Cl)c(CO)n1Cc1ccc(OC(CC2CCCCC2)C(=O)O)cc1. The summed E-state index contributed by atoms with van der Waals surface area (Å²) < 4.78 is 7.80. The number of ether oxygens (including phenoxy) is 1. The number of hydrogen-bond acceptors (Lipinski definition) is 4. The topological polar surface area (TPSA) is 84.6 Å². The number of aliphatic carboxylic acids is 1. The zero-order valence-corrected chi connectivity index (χ0v) is 19.0. The minimum atomic E-state index is -0.907. The van der Waals surface area contributed by atoms with Crippen LogP contribution in [0.5, 0.6) is 5.75 Å². The number of unbranched alkanes of at least 4 members (excludes halogenated alkanes) is 1. The molecule has 1 aromatic heterocycles. The molecule has 1 aliphatic rings. The van der Waals surface area contributed by atoms with Crippen LogP contribution >= 0.6 is 11.6 Å². The summed E-state index contributed by atoms with van der Waals surface area (Å²) >= 11 is 6.22. The minimum Gasteiger partial charge on any atom is -0.479 e. The van der Waals surface area contributed by atoms with E-state index in [1.54, 1.807) is 0 Å². The van der Waals surface area contributed by atoms with Gasteiger partial charge in [0.25, 0.3) is 0 Å². The lowest BCUT2D eigenvalue weighted by Crippen LogP contribution is -2.30. The predicted molar refractivity (Wildman–Crippen MR) is 121 cm³/mol. The predicted octanol–water partition coefficient (Wildman–Crippen LogP) is 5.22. The van der Waals surface area contributed by atoms with Gasteiger partial charge in [0.05, 0.1) is 12.3 Å². The number of aromatic nitrogens is 2. The van der Waals surface area contributed by atoms with Crippen LogP contribution < -0.4 is 4.74 Å². The van der Waals surface area contributed by atoms with E-state index in [0.717, 1.165) is 43.5 Å². The van der Waals surface area contributed by atoms with E-state index in [4.69, 9.17) is 16.3 Å². The number of benzene rings is 1. The average Bonchev–Trinajstić information content (AvgIpc) is 3.07. The highest BCUT2D eigenvalue weighted by Gasteiger charge is 2.25. The Balaban J connectivity index is 1.67. The van der Waals surface area contributed by atoms with Gasteiger partial charge in [0.1, 0.15) is 11.6 Å². The first-order valence-corrected chi connectivity index (χ1v) is 11.7. The van der Waals surface area contributed by atoms with Gasteiger partial charge in [-0.25, -0.2) is 9.78 Å². The molecule has 0 spiro atoms. The summed E-state index contributed by atoms with van der Waals surface area (Å²) in [5.74, 6) is 0.952. The third-order valence-electron chi connectivity index (χ3n) is 6.10. The summed E-state index contributed by atoms with van der Waals surface area (Å²) in [6.45, 7) is 2.50. The fourth-order valence-corrected chi connectivity index (χ4v) is 4.57. The van der Waals surface area contributed by atoms with Crippen LogP contribution in [0.3, 0.4) is 0 Å². The molecule has 1 heterocycles. The highest BCUT2D eigenvalue weighted by Crippen LogP contribution is 2.29. The Morgan fingerprint density at radius 3 is 2.58 bits per heavy atom. The van der Waals surface area contributed by atoms with Crippen molar-refractivity contribution in [2.24, 2.45) is 5.92 Å². The number of hydrogen-bond donors (Lipinski definition) is 2. The zero-order chi connectivity index (χ0) is 22.2. The van der Waals surface area contributed by atoms with Crippen molar-refractivity contribution in [2.45, 2.75) is 84.0 Å². The standard InChI is InChI=1S/C24H33ClN2O4/c1-2-3-9-22-26-23(25)20(16-28)27(22)15-18-10-12-19(13-11-18)31-21(24(29)30)14-17-7-5-4-6-8-17/h10-13,17,21,28H,2-9,14-16H2,1H3,(H,29,30). The Bertz CT molecular complexity index is 844. The van der Waals surface area contributed by atoms with E-state index in [9.17, 15) is 15.0 Å². The van der Waals surface area contributed by atoms with Crippen molar-refractivity contribution >= 4 is 17.6 Å². The third-order valence-corrected chi connectivity index (χ3v) is 6.40. The summed E-state index contributed by atoms with van der Waals surface area (Å²) in [6, 6.07) is 7.48. The van der Waals surface area contributed by atoms with Crippen LogP contribution in [0.25, 0.3) is 0 Å². The van der Waals surface area contributed by atoms with E-state index in [0.29, 0.717) is 35.5 Å². The molecule has 2 N–H and O–H groups in total. The molecule has 1 unspecified atom stereocenters. The minimum absolute atomic E-state index is 0.166. The summed E-state index contributed by atoms with van der Waals surface area (Å²) in [7, 11) is 0. The number of imidazole rings is 1. The molecule has 1 atom stereocenters. The van der Waals surface area contributed by atoms with Crippen LogP contribution in [0, 0.1) is 5.92 Å². The second-order valence-electron chi connectivity index (χ2n) is 8.44. The van der Waals surface area contributed by atoms with Crippen LogP contribution in [-0.4, -0.2) is 31.8 Å². The highest BCUT2D eigenvalue weighted by atomic mass is 35.5. The largest absolute Gasteiger partial charge is 0.479 e. The zero-order valence-electron chi connectivity index (χ0n) is 18.2. The highest BCUT2D eigenvalue weighted by molar-refractivity contribution is 6.30. The molecule has 3 rings (SSSR count). The molecule has 1 saturated carbocycles. The second kappa shape index (κ2) is 11.5. The number of carboxylic acids is 1. The number of carbonyl (C=O) groups is 1. The molecule has 1 aliphatic carbocycles. The molecule has 7 heteroatoms. The monoisotopic (exact) mass is 448 g/mol. The van der Waals surface area contributed by atoms with Crippen molar-refractivity contribution in [3.05, 3.63) is 46.5 Å². The molecule has 0 radical (unpaired) electrons. The molecule has 0 aliphatic heterocycles. The second-order valence-corrected chi connectivity index (χ2v) is 8.80. The van der Waals surface area contributed by atoms with Crippen LogP contribution in [0.15, 0.2) is 24.3 Å². The number of halogens is 1. The van der Waals surface area contributed by atoms with Crippen molar-refractivity contribution in [1.29, 1.82) is 0 Å². The average molecular weight is 449 g/mol. The van der Waals surface area contributed by atoms with Gasteiger partial charge in [-0.15, -0.1) is 0 Å². The first-order valence-electron chi connectivity index (χ1n) is 11.3. The molecule has 0 bridgehead atoms.